The van der Waals surface area contributed by atoms with E-state index in [9.17, 15) is 4.79 Å². The van der Waals surface area contributed by atoms with Crippen LogP contribution in [0.25, 0.3) is 11.6 Å². The van der Waals surface area contributed by atoms with Gasteiger partial charge in [-0.3, -0.25) is 9.97 Å². The fourth-order valence-corrected chi connectivity index (χ4v) is 1.82. The molecule has 2 rings (SSSR count). The van der Waals surface area contributed by atoms with Crippen LogP contribution in [0, 0.1) is 0 Å². The number of carboxylic acid groups (broad SMARTS) is 1. The summed E-state index contributed by atoms with van der Waals surface area (Å²) in [6, 6.07) is 4.62. The SMILES string of the molecule is CC(=Cc1ccc(C(=O)O)cc1Cl)c1cnccn1. The van der Waals surface area contributed by atoms with E-state index in [-0.39, 0.29) is 5.56 Å². The molecule has 5 heteroatoms. The lowest BCUT2D eigenvalue weighted by Gasteiger charge is -2.03. The van der Waals surface area contributed by atoms with Crippen molar-refractivity contribution in [2.75, 3.05) is 0 Å². The molecule has 0 aliphatic heterocycles. The van der Waals surface area contributed by atoms with Gasteiger partial charge in [0.25, 0.3) is 0 Å². The standard InChI is InChI=1S/C14H11ClN2O2/c1-9(13-8-16-4-5-17-13)6-10-2-3-11(14(18)19)7-12(10)15/h2-8H,1H3,(H,18,19). The molecule has 2 aromatic rings. The summed E-state index contributed by atoms with van der Waals surface area (Å²) in [4.78, 5) is 19.0. The Labute approximate surface area is 115 Å². The molecule has 0 amide bonds. The van der Waals surface area contributed by atoms with Crippen LogP contribution in [-0.2, 0) is 0 Å². The first kappa shape index (κ1) is 13.2. The van der Waals surface area contributed by atoms with Crippen molar-refractivity contribution in [1.29, 1.82) is 0 Å². The molecule has 96 valence electrons. The topological polar surface area (TPSA) is 63.1 Å². The minimum Gasteiger partial charge on any atom is -0.478 e. The summed E-state index contributed by atoms with van der Waals surface area (Å²) in [5.41, 5.74) is 2.56. The summed E-state index contributed by atoms with van der Waals surface area (Å²) in [6.07, 6.45) is 6.72. The second-order valence-corrected chi connectivity index (χ2v) is 4.37. The van der Waals surface area contributed by atoms with E-state index < -0.39 is 5.97 Å². The van der Waals surface area contributed by atoms with E-state index in [0.29, 0.717) is 5.02 Å². The van der Waals surface area contributed by atoms with Gasteiger partial charge in [0.2, 0.25) is 0 Å². The predicted molar refractivity (Wildman–Crippen MR) is 74.0 cm³/mol. The fraction of sp³-hybridized carbons (Fsp3) is 0.0714. The molecule has 0 unspecified atom stereocenters. The molecular weight excluding hydrogens is 264 g/mol. The Kier molecular flexibility index (Phi) is 3.92. The first-order valence-corrected chi connectivity index (χ1v) is 5.93. The number of halogens is 1. The molecule has 0 aliphatic rings. The Hall–Kier alpha value is -2.20. The zero-order valence-electron chi connectivity index (χ0n) is 10.2. The number of carbonyl (C=O) groups is 1. The summed E-state index contributed by atoms with van der Waals surface area (Å²) in [7, 11) is 0. The summed E-state index contributed by atoms with van der Waals surface area (Å²) in [5, 5.41) is 9.26. The van der Waals surface area contributed by atoms with Crippen LogP contribution in [0.3, 0.4) is 0 Å². The maximum atomic E-state index is 10.8. The summed E-state index contributed by atoms with van der Waals surface area (Å²) >= 11 is 6.06. The molecule has 0 aliphatic carbocycles. The highest BCUT2D eigenvalue weighted by Gasteiger charge is 2.06. The number of aromatic carboxylic acids is 1. The van der Waals surface area contributed by atoms with E-state index in [1.807, 2.05) is 13.0 Å². The van der Waals surface area contributed by atoms with Crippen LogP contribution in [0.2, 0.25) is 5.02 Å². The van der Waals surface area contributed by atoms with Gasteiger partial charge in [-0.1, -0.05) is 17.7 Å². The number of nitrogens with zero attached hydrogens (tertiary/aromatic N) is 2. The van der Waals surface area contributed by atoms with Gasteiger partial charge < -0.3 is 5.11 Å². The van der Waals surface area contributed by atoms with E-state index in [2.05, 4.69) is 9.97 Å². The predicted octanol–water partition coefficient (Wildman–Crippen LogP) is 3.39. The quantitative estimate of drug-likeness (QED) is 0.932. The van der Waals surface area contributed by atoms with Crippen LogP contribution in [0.1, 0.15) is 28.5 Å². The highest BCUT2D eigenvalue weighted by Crippen LogP contribution is 2.23. The van der Waals surface area contributed by atoms with Gasteiger partial charge in [-0.05, 0) is 36.3 Å². The van der Waals surface area contributed by atoms with Crippen molar-refractivity contribution in [2.24, 2.45) is 0 Å². The van der Waals surface area contributed by atoms with Crippen molar-refractivity contribution in [2.45, 2.75) is 6.92 Å². The molecule has 0 bridgehead atoms. The first-order chi connectivity index (χ1) is 9.08. The summed E-state index contributed by atoms with van der Waals surface area (Å²) in [5.74, 6) is -0.997. The number of rotatable bonds is 3. The number of hydrogen-bond donors (Lipinski definition) is 1. The molecule has 0 radical (unpaired) electrons. The molecule has 1 aromatic heterocycles. The number of carboxylic acids is 1. The minimum absolute atomic E-state index is 0.166. The Morgan fingerprint density at radius 3 is 2.74 bits per heavy atom. The van der Waals surface area contributed by atoms with E-state index >= 15 is 0 Å². The normalized spacial score (nSPS) is 11.4. The lowest BCUT2D eigenvalue weighted by Crippen LogP contribution is -1.96. The number of benzene rings is 1. The van der Waals surface area contributed by atoms with Crippen molar-refractivity contribution >= 4 is 29.2 Å². The van der Waals surface area contributed by atoms with Crippen molar-refractivity contribution in [3.05, 3.63) is 58.6 Å². The fourth-order valence-electron chi connectivity index (χ4n) is 1.59. The second kappa shape index (κ2) is 5.63. The molecule has 0 spiro atoms. The maximum absolute atomic E-state index is 10.8. The van der Waals surface area contributed by atoms with Crippen molar-refractivity contribution in [1.82, 2.24) is 9.97 Å². The maximum Gasteiger partial charge on any atom is 0.335 e. The average Bonchev–Trinajstić information content (AvgIpc) is 2.41. The van der Waals surface area contributed by atoms with Crippen LogP contribution in [0.4, 0.5) is 0 Å². The van der Waals surface area contributed by atoms with Gasteiger partial charge in [-0.25, -0.2) is 4.79 Å². The Morgan fingerprint density at radius 1 is 1.37 bits per heavy atom. The van der Waals surface area contributed by atoms with Crippen LogP contribution in [-0.4, -0.2) is 21.0 Å². The molecule has 0 fully saturated rings. The van der Waals surface area contributed by atoms with Crippen LogP contribution >= 0.6 is 11.6 Å². The van der Waals surface area contributed by atoms with E-state index in [1.165, 1.54) is 12.1 Å². The Morgan fingerprint density at radius 2 is 2.16 bits per heavy atom. The zero-order valence-corrected chi connectivity index (χ0v) is 10.9. The van der Waals surface area contributed by atoms with E-state index in [4.69, 9.17) is 16.7 Å². The van der Waals surface area contributed by atoms with Gasteiger partial charge >= 0.3 is 5.97 Å². The largest absolute Gasteiger partial charge is 0.478 e. The molecule has 0 saturated heterocycles. The number of allylic oxidation sites excluding steroid dienone is 1. The Balaban J connectivity index is 2.36. The highest BCUT2D eigenvalue weighted by atomic mass is 35.5. The van der Waals surface area contributed by atoms with Gasteiger partial charge in [-0.15, -0.1) is 0 Å². The lowest BCUT2D eigenvalue weighted by atomic mass is 10.1. The molecule has 4 nitrogen and oxygen atoms in total. The monoisotopic (exact) mass is 274 g/mol. The zero-order chi connectivity index (χ0) is 13.8. The molecule has 0 saturated carbocycles. The third-order valence-electron chi connectivity index (χ3n) is 2.59. The van der Waals surface area contributed by atoms with Gasteiger partial charge in [0.15, 0.2) is 0 Å². The lowest BCUT2D eigenvalue weighted by molar-refractivity contribution is 0.0697. The Bertz CT molecular complexity index is 639. The average molecular weight is 275 g/mol. The van der Waals surface area contributed by atoms with Gasteiger partial charge in [0.05, 0.1) is 17.5 Å². The van der Waals surface area contributed by atoms with E-state index in [0.717, 1.165) is 16.8 Å². The van der Waals surface area contributed by atoms with E-state index in [1.54, 1.807) is 24.7 Å². The summed E-state index contributed by atoms with van der Waals surface area (Å²) in [6.45, 7) is 1.89. The minimum atomic E-state index is -0.997. The molecule has 1 N–H and O–H groups in total. The molecule has 1 aromatic carbocycles. The van der Waals surface area contributed by atoms with Gasteiger partial charge in [0.1, 0.15) is 0 Å². The van der Waals surface area contributed by atoms with Crippen LogP contribution in [0.5, 0.6) is 0 Å². The van der Waals surface area contributed by atoms with Crippen LogP contribution < -0.4 is 0 Å². The molecule has 1 heterocycles. The van der Waals surface area contributed by atoms with Crippen molar-refractivity contribution in [3.63, 3.8) is 0 Å². The number of aromatic nitrogens is 2. The van der Waals surface area contributed by atoms with Gasteiger partial charge in [0, 0.05) is 17.4 Å². The van der Waals surface area contributed by atoms with Crippen molar-refractivity contribution < 1.29 is 9.90 Å². The highest BCUT2D eigenvalue weighted by molar-refractivity contribution is 6.32. The molecule has 19 heavy (non-hydrogen) atoms. The number of hydrogen-bond acceptors (Lipinski definition) is 3. The molecule has 0 atom stereocenters. The second-order valence-electron chi connectivity index (χ2n) is 3.96. The summed E-state index contributed by atoms with van der Waals surface area (Å²) < 4.78 is 0. The molecular formula is C14H11ClN2O2. The van der Waals surface area contributed by atoms with Crippen molar-refractivity contribution in [3.8, 4) is 0 Å². The smallest absolute Gasteiger partial charge is 0.335 e. The third kappa shape index (κ3) is 3.17. The van der Waals surface area contributed by atoms with Crippen LogP contribution in [0.15, 0.2) is 36.8 Å². The van der Waals surface area contributed by atoms with Gasteiger partial charge in [-0.2, -0.15) is 0 Å². The first-order valence-electron chi connectivity index (χ1n) is 5.55. The third-order valence-corrected chi connectivity index (χ3v) is 2.91.